The number of carbonyl (C=O) groups excluding carboxylic acids is 1. The fourth-order valence-corrected chi connectivity index (χ4v) is 0.808. The van der Waals surface area contributed by atoms with Crippen LogP contribution in [0.1, 0.15) is 5.56 Å². The minimum atomic E-state index is 0.366. The number of nitrogens with two attached hydrogens (primary N) is 1. The maximum absolute atomic E-state index is 9.96. The molecule has 0 bridgehead atoms. The molecule has 0 radical (unpaired) electrons. The highest BCUT2D eigenvalue weighted by atomic mass is 16.5. The maximum atomic E-state index is 9.96. The molecule has 0 saturated carbocycles. The monoisotopic (exact) mass is 151 g/mol. The third kappa shape index (κ3) is 1.49. The molecule has 0 fully saturated rings. The van der Waals surface area contributed by atoms with Crippen molar-refractivity contribution in [3.05, 3.63) is 23.8 Å². The van der Waals surface area contributed by atoms with Crippen LogP contribution in [0.5, 0.6) is 5.75 Å². The van der Waals surface area contributed by atoms with Crippen LogP contribution < -0.4 is 10.5 Å². The highest BCUT2D eigenvalue weighted by molar-refractivity contribution is 5.61. The van der Waals surface area contributed by atoms with E-state index >= 15 is 0 Å². The summed E-state index contributed by atoms with van der Waals surface area (Å²) in [4.78, 5) is 9.96. The van der Waals surface area contributed by atoms with Gasteiger partial charge in [0.15, 0.2) is 5.75 Å². The van der Waals surface area contributed by atoms with E-state index in [9.17, 15) is 4.79 Å². The lowest BCUT2D eigenvalue weighted by molar-refractivity contribution is -0.120. The van der Waals surface area contributed by atoms with Crippen molar-refractivity contribution < 1.29 is 9.53 Å². The van der Waals surface area contributed by atoms with Crippen LogP contribution in [0.15, 0.2) is 18.2 Å². The molecular formula is C8H9NO2. The Hall–Kier alpha value is -1.51. The lowest BCUT2D eigenvalue weighted by Gasteiger charge is -2.03. The van der Waals surface area contributed by atoms with Crippen LogP contribution >= 0.6 is 0 Å². The summed E-state index contributed by atoms with van der Waals surface area (Å²) in [7, 11) is 0. The van der Waals surface area contributed by atoms with Crippen LogP contribution in [-0.4, -0.2) is 6.47 Å². The van der Waals surface area contributed by atoms with E-state index in [1.807, 2.05) is 13.0 Å². The van der Waals surface area contributed by atoms with E-state index < -0.39 is 0 Å². The predicted molar refractivity (Wildman–Crippen MR) is 42.3 cm³/mol. The zero-order valence-corrected chi connectivity index (χ0v) is 6.20. The molecule has 1 aromatic rings. The highest BCUT2D eigenvalue weighted by Crippen LogP contribution is 2.23. The first kappa shape index (κ1) is 7.60. The molecule has 0 atom stereocenters. The number of aryl methyl sites for hydroxylation is 1. The Balaban J connectivity index is 3.05. The molecule has 0 aliphatic rings. The Morgan fingerprint density at radius 3 is 2.91 bits per heavy atom. The topological polar surface area (TPSA) is 52.3 Å². The molecule has 11 heavy (non-hydrogen) atoms. The zero-order valence-electron chi connectivity index (χ0n) is 6.20. The van der Waals surface area contributed by atoms with Gasteiger partial charge >= 0.3 is 0 Å². The van der Waals surface area contributed by atoms with Gasteiger partial charge in [-0.05, 0) is 18.6 Å². The molecule has 0 aliphatic heterocycles. The van der Waals surface area contributed by atoms with Gasteiger partial charge < -0.3 is 10.5 Å². The molecule has 0 aliphatic carbocycles. The smallest absolute Gasteiger partial charge is 0.298 e. The first-order valence-electron chi connectivity index (χ1n) is 3.21. The maximum Gasteiger partial charge on any atom is 0.298 e. The molecule has 0 unspecified atom stereocenters. The van der Waals surface area contributed by atoms with Crippen molar-refractivity contribution in [2.24, 2.45) is 0 Å². The molecule has 2 N–H and O–H groups in total. The summed E-state index contributed by atoms with van der Waals surface area (Å²) < 4.78 is 4.61. The van der Waals surface area contributed by atoms with Gasteiger partial charge in [-0.2, -0.15) is 0 Å². The molecule has 0 saturated heterocycles. The van der Waals surface area contributed by atoms with Crippen molar-refractivity contribution in [3.8, 4) is 5.75 Å². The molecule has 3 heteroatoms. The number of hydrogen-bond acceptors (Lipinski definition) is 3. The first-order chi connectivity index (χ1) is 5.25. The lowest BCUT2D eigenvalue weighted by Crippen LogP contribution is -1.96. The van der Waals surface area contributed by atoms with E-state index in [4.69, 9.17) is 5.73 Å². The number of hydrogen-bond donors (Lipinski definition) is 1. The lowest BCUT2D eigenvalue weighted by atomic mass is 10.2. The van der Waals surface area contributed by atoms with Gasteiger partial charge in [-0.15, -0.1) is 0 Å². The van der Waals surface area contributed by atoms with E-state index in [-0.39, 0.29) is 0 Å². The van der Waals surface area contributed by atoms with Gasteiger partial charge in [0.05, 0.1) is 5.69 Å². The van der Waals surface area contributed by atoms with Crippen molar-refractivity contribution in [1.29, 1.82) is 0 Å². The van der Waals surface area contributed by atoms with Crippen LogP contribution in [0.4, 0.5) is 5.69 Å². The second kappa shape index (κ2) is 3.05. The van der Waals surface area contributed by atoms with Crippen LogP contribution in [0.3, 0.4) is 0 Å². The number of benzene rings is 1. The quantitative estimate of drug-likeness (QED) is 0.509. The fraction of sp³-hybridized carbons (Fsp3) is 0.125. The molecular weight excluding hydrogens is 142 g/mol. The van der Waals surface area contributed by atoms with Crippen molar-refractivity contribution in [3.63, 3.8) is 0 Å². The molecule has 3 nitrogen and oxygen atoms in total. The molecule has 1 aromatic carbocycles. The van der Waals surface area contributed by atoms with E-state index in [1.165, 1.54) is 0 Å². The number of nitrogen functional groups attached to an aromatic ring is 1. The standard InChI is InChI=1S/C8H9NO2/c1-6-3-2-4-7(8(6)9)11-5-10/h2-5H,9H2,1H3. The van der Waals surface area contributed by atoms with Crippen LogP contribution in [0.25, 0.3) is 0 Å². The minimum absolute atomic E-state index is 0.366. The summed E-state index contributed by atoms with van der Waals surface area (Å²) in [6.07, 6.45) is 0. The average Bonchev–Trinajstić information content (AvgIpc) is 1.99. The van der Waals surface area contributed by atoms with Gasteiger partial charge in [0.25, 0.3) is 6.47 Å². The molecule has 0 amide bonds. The summed E-state index contributed by atoms with van der Waals surface area (Å²) in [6, 6.07) is 5.29. The fourth-order valence-electron chi connectivity index (χ4n) is 0.808. The van der Waals surface area contributed by atoms with Gasteiger partial charge in [-0.25, -0.2) is 0 Å². The molecule has 0 spiro atoms. The number of anilines is 1. The highest BCUT2D eigenvalue weighted by Gasteiger charge is 2.00. The first-order valence-corrected chi connectivity index (χ1v) is 3.21. The van der Waals surface area contributed by atoms with Crippen molar-refractivity contribution >= 4 is 12.2 Å². The number of carbonyl (C=O) groups is 1. The summed E-state index contributed by atoms with van der Waals surface area (Å²) in [5.74, 6) is 0.417. The summed E-state index contributed by atoms with van der Waals surface area (Å²) in [5.41, 5.74) is 7.01. The Kier molecular flexibility index (Phi) is 2.11. The number of ether oxygens (including phenoxy) is 1. The number of para-hydroxylation sites is 1. The molecule has 0 heterocycles. The molecule has 0 aromatic heterocycles. The average molecular weight is 151 g/mol. The van der Waals surface area contributed by atoms with Crippen LogP contribution in [-0.2, 0) is 4.79 Å². The number of rotatable bonds is 2. The van der Waals surface area contributed by atoms with Crippen LogP contribution in [0, 0.1) is 6.92 Å². The largest absolute Gasteiger partial charge is 0.427 e. The van der Waals surface area contributed by atoms with Gasteiger partial charge in [0.1, 0.15) is 0 Å². The SMILES string of the molecule is Cc1cccc(OC=O)c1N. The minimum Gasteiger partial charge on any atom is -0.427 e. The zero-order chi connectivity index (χ0) is 8.27. The summed E-state index contributed by atoms with van der Waals surface area (Å²) in [5, 5.41) is 0. The van der Waals surface area contributed by atoms with Gasteiger partial charge in [-0.3, -0.25) is 4.79 Å². The van der Waals surface area contributed by atoms with E-state index in [2.05, 4.69) is 4.74 Å². The second-order valence-corrected chi connectivity index (χ2v) is 2.20. The molecule has 1 rings (SSSR count). The third-order valence-electron chi connectivity index (χ3n) is 1.46. The Morgan fingerprint density at radius 1 is 1.55 bits per heavy atom. The van der Waals surface area contributed by atoms with Crippen molar-refractivity contribution in [1.82, 2.24) is 0 Å². The predicted octanol–water partition coefficient (Wildman–Crippen LogP) is 1.11. The van der Waals surface area contributed by atoms with Crippen LogP contribution in [0.2, 0.25) is 0 Å². The second-order valence-electron chi connectivity index (χ2n) is 2.20. The van der Waals surface area contributed by atoms with Gasteiger partial charge in [0, 0.05) is 0 Å². The summed E-state index contributed by atoms with van der Waals surface area (Å²) >= 11 is 0. The molecule has 58 valence electrons. The van der Waals surface area contributed by atoms with E-state index in [1.54, 1.807) is 12.1 Å². The Morgan fingerprint density at radius 2 is 2.27 bits per heavy atom. The van der Waals surface area contributed by atoms with Gasteiger partial charge in [-0.1, -0.05) is 12.1 Å². The normalized spacial score (nSPS) is 9.18. The third-order valence-corrected chi connectivity index (χ3v) is 1.46. The van der Waals surface area contributed by atoms with Crippen molar-refractivity contribution in [2.45, 2.75) is 6.92 Å². The Labute approximate surface area is 64.8 Å². The van der Waals surface area contributed by atoms with E-state index in [0.717, 1.165) is 5.56 Å². The Bertz CT molecular complexity index is 271. The summed E-state index contributed by atoms with van der Waals surface area (Å²) in [6.45, 7) is 2.22. The van der Waals surface area contributed by atoms with Gasteiger partial charge in [0.2, 0.25) is 0 Å². The van der Waals surface area contributed by atoms with Crippen molar-refractivity contribution in [2.75, 3.05) is 5.73 Å². The van der Waals surface area contributed by atoms with E-state index in [0.29, 0.717) is 17.9 Å².